The van der Waals surface area contributed by atoms with Crippen molar-refractivity contribution in [1.82, 2.24) is 0 Å². The monoisotopic (exact) mass is 388 g/mol. The zero-order valence-electron chi connectivity index (χ0n) is 16.7. The van der Waals surface area contributed by atoms with E-state index in [1.165, 1.54) is 0 Å². The van der Waals surface area contributed by atoms with Gasteiger partial charge in [0.05, 0.1) is 35.4 Å². The van der Waals surface area contributed by atoms with Gasteiger partial charge in [-0.3, -0.25) is 0 Å². The molecule has 0 radical (unpaired) electrons. The van der Waals surface area contributed by atoms with Crippen molar-refractivity contribution in [3.63, 3.8) is 0 Å². The van der Waals surface area contributed by atoms with E-state index in [1.54, 1.807) is 0 Å². The zero-order valence-corrected chi connectivity index (χ0v) is 17.5. The van der Waals surface area contributed by atoms with Crippen LogP contribution in [0.25, 0.3) is 0 Å². The van der Waals surface area contributed by atoms with Gasteiger partial charge in [0.2, 0.25) is 0 Å². The lowest BCUT2D eigenvalue weighted by molar-refractivity contribution is -0.152. The van der Waals surface area contributed by atoms with Crippen molar-refractivity contribution >= 4 is 9.84 Å². The minimum absolute atomic E-state index is 0.0975. The van der Waals surface area contributed by atoms with Crippen LogP contribution in [0.15, 0.2) is 0 Å². The first-order valence-corrected chi connectivity index (χ1v) is 11.9. The second kappa shape index (κ2) is 7.69. The van der Waals surface area contributed by atoms with Crippen molar-refractivity contribution in [3.05, 3.63) is 0 Å². The maximum Gasteiger partial charge on any atom is 0.156 e. The van der Waals surface area contributed by atoms with E-state index in [0.717, 1.165) is 32.1 Å². The van der Waals surface area contributed by atoms with Crippen molar-refractivity contribution in [2.45, 2.75) is 94.5 Å². The Balaban J connectivity index is 1.46. The van der Waals surface area contributed by atoms with Gasteiger partial charge in [-0.25, -0.2) is 8.42 Å². The van der Waals surface area contributed by atoms with Crippen LogP contribution in [-0.4, -0.2) is 55.0 Å². The van der Waals surface area contributed by atoms with Crippen molar-refractivity contribution in [2.24, 2.45) is 17.8 Å². The van der Waals surface area contributed by atoms with E-state index in [2.05, 4.69) is 13.8 Å². The molecule has 3 aliphatic rings. The van der Waals surface area contributed by atoms with E-state index in [4.69, 9.17) is 9.47 Å². The Morgan fingerprint density at radius 3 is 2.42 bits per heavy atom. The van der Waals surface area contributed by atoms with Gasteiger partial charge in [0.15, 0.2) is 9.84 Å². The summed E-state index contributed by atoms with van der Waals surface area (Å²) in [6, 6.07) is 0. The minimum atomic E-state index is -3.09. The summed E-state index contributed by atoms with van der Waals surface area (Å²) < 4.78 is 36.8. The first-order chi connectivity index (χ1) is 12.1. The number of sulfone groups is 1. The van der Waals surface area contributed by atoms with Gasteiger partial charge in [0.25, 0.3) is 0 Å². The largest absolute Gasteiger partial charge is 0.390 e. The van der Waals surface area contributed by atoms with Crippen molar-refractivity contribution in [1.29, 1.82) is 0 Å². The molecule has 2 aliphatic carbocycles. The van der Waals surface area contributed by atoms with Crippen molar-refractivity contribution in [2.75, 3.05) is 13.2 Å². The van der Waals surface area contributed by atoms with Gasteiger partial charge in [-0.05, 0) is 70.1 Å². The third-order valence-electron chi connectivity index (χ3n) is 6.88. The highest BCUT2D eigenvalue weighted by molar-refractivity contribution is 7.92. The number of hydrogen-bond acceptors (Lipinski definition) is 5. The molecular weight excluding hydrogens is 352 g/mol. The number of hydrogen-bond donors (Lipinski definition) is 1. The maximum atomic E-state index is 12.9. The molecule has 2 saturated carbocycles. The minimum Gasteiger partial charge on any atom is -0.390 e. The smallest absolute Gasteiger partial charge is 0.156 e. The van der Waals surface area contributed by atoms with Gasteiger partial charge in [-0.15, -0.1) is 0 Å². The molecular formula is C20H36O5S. The lowest BCUT2D eigenvalue weighted by atomic mass is 9.87. The van der Waals surface area contributed by atoms with Crippen LogP contribution in [0, 0.1) is 17.8 Å². The molecule has 6 unspecified atom stereocenters. The summed E-state index contributed by atoms with van der Waals surface area (Å²) in [6.07, 6.45) is 5.07. The molecule has 0 aromatic rings. The molecule has 5 nitrogen and oxygen atoms in total. The van der Waals surface area contributed by atoms with Gasteiger partial charge in [0.1, 0.15) is 6.10 Å². The van der Waals surface area contributed by atoms with Crippen LogP contribution >= 0.6 is 0 Å². The molecule has 0 bridgehead atoms. The molecule has 6 atom stereocenters. The van der Waals surface area contributed by atoms with E-state index >= 15 is 0 Å². The Morgan fingerprint density at radius 2 is 1.88 bits per heavy atom. The first-order valence-electron chi connectivity index (χ1n) is 10.3. The van der Waals surface area contributed by atoms with E-state index < -0.39 is 15.4 Å². The Hall–Kier alpha value is -0.170. The molecule has 0 aromatic carbocycles. The molecule has 0 spiro atoms. The summed E-state index contributed by atoms with van der Waals surface area (Å²) in [6.45, 7) is 9.33. The fourth-order valence-electron chi connectivity index (χ4n) is 4.76. The average Bonchev–Trinajstić information content (AvgIpc) is 3.18. The summed E-state index contributed by atoms with van der Waals surface area (Å²) in [5, 5.41) is 10.1. The molecule has 1 aliphatic heterocycles. The summed E-state index contributed by atoms with van der Waals surface area (Å²) in [5.74, 6) is 0.801. The molecule has 1 saturated heterocycles. The molecule has 3 fully saturated rings. The van der Waals surface area contributed by atoms with E-state index in [1.807, 2.05) is 13.8 Å². The average molecular weight is 389 g/mol. The fourth-order valence-corrected chi connectivity index (χ4v) is 7.06. The van der Waals surface area contributed by atoms with E-state index in [0.29, 0.717) is 25.6 Å². The van der Waals surface area contributed by atoms with Crippen LogP contribution in [0.5, 0.6) is 0 Å². The SMILES string of the molecule is CC(CC1CC1S(=O)(=O)C(C)CC1CCC(O)(C(C)C)C1)OC1COC1. The Bertz CT molecular complexity index is 585. The molecule has 1 N–H and O–H groups in total. The topological polar surface area (TPSA) is 72.8 Å². The highest BCUT2D eigenvalue weighted by Crippen LogP contribution is 2.46. The fraction of sp³-hybridized carbons (Fsp3) is 1.00. The summed E-state index contributed by atoms with van der Waals surface area (Å²) >= 11 is 0. The summed E-state index contributed by atoms with van der Waals surface area (Å²) in [7, 11) is -3.09. The van der Waals surface area contributed by atoms with Gasteiger partial charge in [-0.2, -0.15) is 0 Å². The van der Waals surface area contributed by atoms with Crippen LogP contribution in [0.3, 0.4) is 0 Å². The predicted octanol–water partition coefficient (Wildman–Crippen LogP) is 2.95. The van der Waals surface area contributed by atoms with Crippen LogP contribution < -0.4 is 0 Å². The van der Waals surface area contributed by atoms with Gasteiger partial charge in [-0.1, -0.05) is 13.8 Å². The number of rotatable bonds is 9. The van der Waals surface area contributed by atoms with Crippen molar-refractivity contribution < 1.29 is 23.0 Å². The lowest BCUT2D eigenvalue weighted by Crippen LogP contribution is -2.38. The van der Waals surface area contributed by atoms with Crippen LogP contribution in [0.1, 0.15) is 66.2 Å². The lowest BCUT2D eigenvalue weighted by Gasteiger charge is -2.29. The molecule has 3 rings (SSSR count). The van der Waals surface area contributed by atoms with E-state index in [9.17, 15) is 13.5 Å². The molecule has 1 heterocycles. The Labute approximate surface area is 158 Å². The Morgan fingerprint density at radius 1 is 1.19 bits per heavy atom. The van der Waals surface area contributed by atoms with Crippen LogP contribution in [0.2, 0.25) is 0 Å². The zero-order chi connectivity index (χ0) is 19.1. The van der Waals surface area contributed by atoms with Gasteiger partial charge in [0, 0.05) is 0 Å². The first kappa shape index (κ1) is 20.6. The van der Waals surface area contributed by atoms with Crippen molar-refractivity contribution in [3.8, 4) is 0 Å². The number of aliphatic hydroxyl groups is 1. The molecule has 6 heteroatoms. The molecule has 26 heavy (non-hydrogen) atoms. The second-order valence-corrected chi connectivity index (χ2v) is 12.0. The third-order valence-corrected chi connectivity index (χ3v) is 9.61. The highest BCUT2D eigenvalue weighted by Gasteiger charge is 2.50. The second-order valence-electron chi connectivity index (χ2n) is 9.38. The third kappa shape index (κ3) is 4.45. The highest BCUT2D eigenvalue weighted by atomic mass is 32.2. The van der Waals surface area contributed by atoms with E-state index in [-0.39, 0.29) is 34.5 Å². The summed E-state index contributed by atoms with van der Waals surface area (Å²) in [4.78, 5) is 0. The predicted molar refractivity (Wildman–Crippen MR) is 102 cm³/mol. The van der Waals surface area contributed by atoms with Gasteiger partial charge < -0.3 is 14.6 Å². The maximum absolute atomic E-state index is 12.9. The number of ether oxygens (including phenoxy) is 2. The molecule has 0 aromatic heterocycles. The molecule has 152 valence electrons. The quantitative estimate of drug-likeness (QED) is 0.657. The standard InChI is InChI=1S/C20H36O5S/c1-13(2)20(21)6-5-16(10-20)8-15(4)26(22,23)19-9-17(19)7-14(3)25-18-11-24-12-18/h13-19,21H,5-12H2,1-4H3. The summed E-state index contributed by atoms with van der Waals surface area (Å²) in [5.41, 5.74) is -0.603. The van der Waals surface area contributed by atoms with Crippen LogP contribution in [-0.2, 0) is 19.3 Å². The van der Waals surface area contributed by atoms with Crippen LogP contribution in [0.4, 0.5) is 0 Å². The molecule has 0 amide bonds. The van der Waals surface area contributed by atoms with Gasteiger partial charge >= 0.3 is 0 Å². The Kier molecular flexibility index (Phi) is 6.08. The normalized spacial score (nSPS) is 37.5.